The van der Waals surface area contributed by atoms with E-state index in [9.17, 15) is 13.6 Å². The fourth-order valence-electron chi connectivity index (χ4n) is 8.03. The molecule has 0 aromatic heterocycles. The molecule has 1 aliphatic carbocycles. The van der Waals surface area contributed by atoms with Gasteiger partial charge in [0.25, 0.3) is 0 Å². The normalized spacial score (nSPS) is 16.8. The molecule has 0 saturated heterocycles. The standard InChI is InChI=1S/C42H47F2NO2/c1-47-40-30-38-33(29-39(40)44)24-28-45(41(38)32-11-8-12-32)27-10-26-42(34-13-4-2-5-14-34,35-15-6-3-7-16-35)25-9-17-37(46)23-20-31-18-21-36(43)22-19-31/h2-7,13-16,18-19,21-22,29-30,32,41H,8-12,17,20,23-28H2,1H3. The molecule has 5 heteroatoms. The van der Waals surface area contributed by atoms with Crippen LogP contribution in [0.1, 0.15) is 91.6 Å². The second kappa shape index (κ2) is 15.4. The fraction of sp³-hybridized carbons (Fsp3) is 0.405. The van der Waals surface area contributed by atoms with Crippen LogP contribution in [0.3, 0.4) is 0 Å². The molecule has 1 unspecified atom stereocenters. The first-order valence-corrected chi connectivity index (χ1v) is 17.4. The Kier molecular flexibility index (Phi) is 10.8. The lowest BCUT2D eigenvalue weighted by molar-refractivity contribution is -0.119. The number of ketones is 1. The van der Waals surface area contributed by atoms with Crippen LogP contribution in [0.4, 0.5) is 8.78 Å². The Hall–Kier alpha value is -3.83. The predicted molar refractivity (Wildman–Crippen MR) is 185 cm³/mol. The predicted octanol–water partition coefficient (Wildman–Crippen LogP) is 9.81. The van der Waals surface area contributed by atoms with Crippen molar-refractivity contribution in [2.24, 2.45) is 5.92 Å². The highest BCUT2D eigenvalue weighted by molar-refractivity contribution is 5.78. The summed E-state index contributed by atoms with van der Waals surface area (Å²) in [5, 5.41) is 0. The van der Waals surface area contributed by atoms with E-state index in [1.54, 1.807) is 25.3 Å². The summed E-state index contributed by atoms with van der Waals surface area (Å²) in [5.74, 6) is 0.674. The lowest BCUT2D eigenvalue weighted by Crippen LogP contribution is -2.42. The molecule has 0 N–H and O–H groups in total. The van der Waals surface area contributed by atoms with Crippen molar-refractivity contribution in [3.8, 4) is 5.75 Å². The van der Waals surface area contributed by atoms with Crippen molar-refractivity contribution >= 4 is 5.78 Å². The Labute approximate surface area is 279 Å². The van der Waals surface area contributed by atoms with E-state index in [1.165, 1.54) is 48.1 Å². The molecule has 6 rings (SSSR count). The maximum atomic E-state index is 14.7. The van der Waals surface area contributed by atoms with Gasteiger partial charge in [-0.1, -0.05) is 79.2 Å². The summed E-state index contributed by atoms with van der Waals surface area (Å²) in [4.78, 5) is 15.7. The Morgan fingerprint density at radius 3 is 2.13 bits per heavy atom. The zero-order chi connectivity index (χ0) is 32.6. The molecule has 0 bridgehead atoms. The van der Waals surface area contributed by atoms with Crippen molar-refractivity contribution in [1.29, 1.82) is 0 Å². The summed E-state index contributed by atoms with van der Waals surface area (Å²) in [6.07, 6.45) is 9.86. The number of hydrogen-bond acceptors (Lipinski definition) is 3. The van der Waals surface area contributed by atoms with Crippen molar-refractivity contribution in [2.45, 2.75) is 82.1 Å². The van der Waals surface area contributed by atoms with Gasteiger partial charge in [0.15, 0.2) is 11.6 Å². The molecule has 1 heterocycles. The number of ether oxygens (including phenoxy) is 1. The summed E-state index contributed by atoms with van der Waals surface area (Å²) >= 11 is 0. The lowest BCUT2D eigenvalue weighted by Gasteiger charge is -2.45. The van der Waals surface area contributed by atoms with E-state index in [0.717, 1.165) is 56.3 Å². The lowest BCUT2D eigenvalue weighted by atomic mass is 9.68. The van der Waals surface area contributed by atoms with Gasteiger partial charge in [0.1, 0.15) is 11.6 Å². The van der Waals surface area contributed by atoms with E-state index in [0.29, 0.717) is 37.0 Å². The second-order valence-electron chi connectivity index (χ2n) is 13.5. The number of halogens is 2. The number of carbonyl (C=O) groups is 1. The van der Waals surface area contributed by atoms with Gasteiger partial charge in [-0.25, -0.2) is 8.78 Å². The maximum Gasteiger partial charge on any atom is 0.165 e. The minimum absolute atomic E-state index is 0.217. The van der Waals surface area contributed by atoms with E-state index in [4.69, 9.17) is 4.74 Å². The Balaban J connectivity index is 1.19. The highest BCUT2D eigenvalue weighted by Gasteiger charge is 2.38. The van der Waals surface area contributed by atoms with Crippen LogP contribution in [-0.4, -0.2) is 30.9 Å². The summed E-state index contributed by atoms with van der Waals surface area (Å²) < 4.78 is 33.4. The van der Waals surface area contributed by atoms with Crippen LogP contribution >= 0.6 is 0 Å². The van der Waals surface area contributed by atoms with E-state index < -0.39 is 0 Å². The first kappa shape index (κ1) is 33.1. The molecule has 0 spiro atoms. The number of aryl methyl sites for hydroxylation is 1. The number of nitrogens with zero attached hydrogens (tertiary/aromatic N) is 1. The number of rotatable bonds is 15. The average molecular weight is 636 g/mol. The Morgan fingerprint density at radius 2 is 1.51 bits per heavy atom. The number of Topliss-reactive ketones (excluding diaryl/α,β-unsaturated/α-hetero) is 1. The molecule has 1 aliphatic heterocycles. The number of benzene rings is 4. The minimum Gasteiger partial charge on any atom is -0.494 e. The molecule has 2 aliphatic rings. The SMILES string of the molecule is COc1cc2c(cc1F)CCN(CCCC(CCCC(=O)CCc1ccc(F)cc1)(c1ccccc1)c1ccccc1)C2C1CCC1. The number of carbonyl (C=O) groups excluding carboxylic acids is 1. The molecular formula is C42H47F2NO2. The van der Waals surface area contributed by atoms with Crippen LogP contribution in [0.25, 0.3) is 0 Å². The quantitative estimate of drug-likeness (QED) is 0.130. The van der Waals surface area contributed by atoms with Gasteiger partial charge in [0.05, 0.1) is 7.11 Å². The average Bonchev–Trinajstić information content (AvgIpc) is 3.08. The van der Waals surface area contributed by atoms with Gasteiger partial charge >= 0.3 is 0 Å². The molecule has 1 atom stereocenters. The van der Waals surface area contributed by atoms with Crippen molar-refractivity contribution in [3.05, 3.63) is 137 Å². The van der Waals surface area contributed by atoms with Gasteiger partial charge in [0.2, 0.25) is 0 Å². The fourth-order valence-corrected chi connectivity index (χ4v) is 8.03. The summed E-state index contributed by atoms with van der Waals surface area (Å²) in [5.41, 5.74) is 5.74. The third kappa shape index (κ3) is 7.67. The molecule has 0 amide bonds. The van der Waals surface area contributed by atoms with Gasteiger partial charge in [0, 0.05) is 30.8 Å². The third-order valence-electron chi connectivity index (χ3n) is 10.8. The molecule has 3 nitrogen and oxygen atoms in total. The summed E-state index contributed by atoms with van der Waals surface area (Å²) in [6.45, 7) is 1.91. The minimum atomic E-state index is -0.267. The first-order chi connectivity index (χ1) is 23.0. The van der Waals surface area contributed by atoms with Gasteiger partial charge in [-0.2, -0.15) is 0 Å². The zero-order valence-corrected chi connectivity index (χ0v) is 27.6. The molecule has 246 valence electrons. The van der Waals surface area contributed by atoms with E-state index in [1.807, 2.05) is 6.07 Å². The van der Waals surface area contributed by atoms with Crippen LogP contribution in [0, 0.1) is 17.6 Å². The van der Waals surface area contributed by atoms with Crippen LogP contribution in [-0.2, 0) is 23.1 Å². The van der Waals surface area contributed by atoms with E-state index >= 15 is 0 Å². The molecule has 4 aromatic carbocycles. The van der Waals surface area contributed by atoms with Crippen LogP contribution in [0.15, 0.2) is 97.1 Å². The highest BCUT2D eigenvalue weighted by Crippen LogP contribution is 2.47. The van der Waals surface area contributed by atoms with E-state index in [-0.39, 0.29) is 22.8 Å². The molecule has 47 heavy (non-hydrogen) atoms. The number of fused-ring (bicyclic) bond motifs is 1. The van der Waals surface area contributed by atoms with Crippen LogP contribution in [0.2, 0.25) is 0 Å². The first-order valence-electron chi connectivity index (χ1n) is 17.4. The maximum absolute atomic E-state index is 14.7. The van der Waals surface area contributed by atoms with Crippen LogP contribution < -0.4 is 4.74 Å². The summed E-state index contributed by atoms with van der Waals surface area (Å²) in [6, 6.07) is 32.1. The van der Waals surface area contributed by atoms with Crippen molar-refractivity contribution in [2.75, 3.05) is 20.2 Å². The molecule has 4 aromatic rings. The topological polar surface area (TPSA) is 29.5 Å². The van der Waals surface area contributed by atoms with Crippen molar-refractivity contribution in [3.63, 3.8) is 0 Å². The van der Waals surface area contributed by atoms with Gasteiger partial charge in [-0.3, -0.25) is 9.69 Å². The third-order valence-corrected chi connectivity index (χ3v) is 10.8. The van der Waals surface area contributed by atoms with E-state index in [2.05, 4.69) is 65.6 Å². The monoisotopic (exact) mass is 635 g/mol. The Morgan fingerprint density at radius 1 is 0.851 bits per heavy atom. The largest absolute Gasteiger partial charge is 0.494 e. The van der Waals surface area contributed by atoms with Crippen molar-refractivity contribution in [1.82, 2.24) is 4.90 Å². The van der Waals surface area contributed by atoms with Gasteiger partial charge in [-0.05, 0) is 116 Å². The van der Waals surface area contributed by atoms with Gasteiger partial charge in [-0.15, -0.1) is 0 Å². The Bertz CT molecular complexity index is 1560. The highest BCUT2D eigenvalue weighted by atomic mass is 19.1. The number of methoxy groups -OCH3 is 1. The van der Waals surface area contributed by atoms with Crippen LogP contribution in [0.5, 0.6) is 5.75 Å². The molecule has 1 fully saturated rings. The molecule has 1 saturated carbocycles. The summed E-state index contributed by atoms with van der Waals surface area (Å²) in [7, 11) is 1.55. The van der Waals surface area contributed by atoms with Gasteiger partial charge < -0.3 is 4.74 Å². The zero-order valence-electron chi connectivity index (χ0n) is 27.6. The number of hydrogen-bond donors (Lipinski definition) is 0. The molecule has 0 radical (unpaired) electrons. The molecular weight excluding hydrogens is 588 g/mol. The second-order valence-corrected chi connectivity index (χ2v) is 13.5. The van der Waals surface area contributed by atoms with Crippen molar-refractivity contribution < 1.29 is 18.3 Å². The smallest absolute Gasteiger partial charge is 0.165 e.